The summed E-state index contributed by atoms with van der Waals surface area (Å²) in [5, 5.41) is 3.96. The van der Waals surface area contributed by atoms with Crippen molar-refractivity contribution in [1.29, 1.82) is 0 Å². The van der Waals surface area contributed by atoms with Crippen molar-refractivity contribution in [3.05, 3.63) is 88.4 Å². The summed E-state index contributed by atoms with van der Waals surface area (Å²) >= 11 is 1.58. The van der Waals surface area contributed by atoms with Crippen molar-refractivity contribution < 1.29 is 19.1 Å². The fourth-order valence-electron chi connectivity index (χ4n) is 4.38. The quantitative estimate of drug-likeness (QED) is 0.501. The Kier molecular flexibility index (Phi) is 6.65. The predicted molar refractivity (Wildman–Crippen MR) is 133 cm³/mol. The number of ether oxygens (including phenoxy) is 2. The summed E-state index contributed by atoms with van der Waals surface area (Å²) in [7, 11) is 2.68. The van der Waals surface area contributed by atoms with E-state index in [2.05, 4.69) is 17.4 Å². The molecule has 3 aromatic rings. The topological polar surface area (TPSA) is 77.5 Å². The molecule has 34 heavy (non-hydrogen) atoms. The fourth-order valence-corrected chi connectivity index (χ4v) is 5.50. The van der Waals surface area contributed by atoms with Crippen LogP contribution < -0.4 is 5.32 Å². The van der Waals surface area contributed by atoms with Gasteiger partial charge in [0.25, 0.3) is 0 Å². The van der Waals surface area contributed by atoms with Crippen LogP contribution in [0.3, 0.4) is 0 Å². The fraction of sp³-hybridized carbons (Fsp3) is 0.222. The molecule has 4 rings (SSSR count). The lowest BCUT2D eigenvalue weighted by Gasteiger charge is -2.31. The first-order valence-electron chi connectivity index (χ1n) is 10.8. The van der Waals surface area contributed by atoms with Crippen molar-refractivity contribution in [2.75, 3.05) is 14.2 Å². The number of nitrogens with one attached hydrogen (secondary N) is 1. The Hall–Kier alpha value is -3.71. The third-order valence-corrected chi connectivity index (χ3v) is 7.15. The molecule has 0 radical (unpaired) electrons. The van der Waals surface area contributed by atoms with Crippen molar-refractivity contribution in [3.63, 3.8) is 0 Å². The molecule has 1 aliphatic heterocycles. The summed E-state index contributed by atoms with van der Waals surface area (Å²) in [4.78, 5) is 31.8. The van der Waals surface area contributed by atoms with Crippen LogP contribution in [0.4, 0.5) is 0 Å². The Balaban J connectivity index is 1.93. The molecule has 0 bridgehead atoms. The predicted octanol–water partition coefficient (Wildman–Crippen LogP) is 5.37. The number of carbonyl (C=O) groups is 2. The van der Waals surface area contributed by atoms with E-state index in [0.717, 1.165) is 32.3 Å². The molecule has 6 nitrogen and oxygen atoms in total. The van der Waals surface area contributed by atoms with Crippen molar-refractivity contribution in [2.24, 2.45) is 0 Å². The zero-order valence-electron chi connectivity index (χ0n) is 19.8. The molecular formula is C27H26N2O4S. The zero-order chi connectivity index (χ0) is 24.4. The van der Waals surface area contributed by atoms with Crippen LogP contribution >= 0.6 is 11.3 Å². The first-order valence-corrected chi connectivity index (χ1v) is 11.7. The molecule has 0 amide bonds. The van der Waals surface area contributed by atoms with Crippen LogP contribution in [0.15, 0.2) is 77.1 Å². The van der Waals surface area contributed by atoms with Gasteiger partial charge in [0, 0.05) is 17.0 Å². The molecule has 0 aliphatic carbocycles. The van der Waals surface area contributed by atoms with E-state index in [1.165, 1.54) is 14.2 Å². The summed E-state index contributed by atoms with van der Waals surface area (Å²) < 4.78 is 10.2. The van der Waals surface area contributed by atoms with Crippen LogP contribution in [0.5, 0.6) is 0 Å². The van der Waals surface area contributed by atoms with Gasteiger partial charge in [-0.2, -0.15) is 0 Å². The van der Waals surface area contributed by atoms with Crippen LogP contribution in [0.25, 0.3) is 21.0 Å². The zero-order valence-corrected chi connectivity index (χ0v) is 20.6. The number of hydrogen-bond donors (Lipinski definition) is 1. The number of allylic oxidation sites excluding steroid dienone is 2. The Morgan fingerprint density at radius 3 is 2.00 bits per heavy atom. The molecular weight excluding hydrogens is 448 g/mol. The van der Waals surface area contributed by atoms with Gasteiger partial charge in [0.2, 0.25) is 0 Å². The number of esters is 2. The van der Waals surface area contributed by atoms with Crippen LogP contribution in [0.2, 0.25) is 0 Å². The van der Waals surface area contributed by atoms with E-state index in [9.17, 15) is 9.59 Å². The second-order valence-corrected chi connectivity index (χ2v) is 9.00. The number of aromatic nitrogens is 1. The maximum absolute atomic E-state index is 12.9. The minimum absolute atomic E-state index is 0.373. The second-order valence-electron chi connectivity index (χ2n) is 8.01. The van der Waals surface area contributed by atoms with Gasteiger partial charge in [-0.15, -0.1) is 11.3 Å². The van der Waals surface area contributed by atoms with Crippen LogP contribution in [-0.4, -0.2) is 31.1 Å². The van der Waals surface area contributed by atoms with Crippen molar-refractivity contribution in [1.82, 2.24) is 10.3 Å². The van der Waals surface area contributed by atoms with Crippen molar-refractivity contribution in [2.45, 2.75) is 26.7 Å². The number of aryl methyl sites for hydroxylation is 1. The molecule has 0 spiro atoms. The maximum atomic E-state index is 12.9. The van der Waals surface area contributed by atoms with E-state index in [0.29, 0.717) is 22.5 Å². The molecule has 7 heteroatoms. The highest BCUT2D eigenvalue weighted by Gasteiger charge is 2.39. The van der Waals surface area contributed by atoms with E-state index in [4.69, 9.17) is 14.5 Å². The molecule has 2 heterocycles. The Morgan fingerprint density at radius 1 is 0.853 bits per heavy atom. The summed E-state index contributed by atoms with van der Waals surface area (Å²) in [5.41, 5.74) is 5.68. The van der Waals surface area contributed by atoms with Gasteiger partial charge in [0.1, 0.15) is 5.01 Å². The standard InChI is InChI=1S/C27H26N2O4S/c1-15-21(26(30)32-4)23(22(16(2)28-15)27(31)33-5)19-13-9-10-14-20(19)25-29-17(3)24(34-25)18-11-7-6-8-12-18/h6-14,23,28H,1-5H3. The van der Waals surface area contributed by atoms with Crippen molar-refractivity contribution in [3.8, 4) is 21.0 Å². The minimum Gasteiger partial charge on any atom is -0.466 e. The molecule has 0 atom stereocenters. The molecule has 1 N–H and O–H groups in total. The van der Waals surface area contributed by atoms with E-state index in [-0.39, 0.29) is 0 Å². The highest BCUT2D eigenvalue weighted by atomic mass is 32.1. The molecule has 0 unspecified atom stereocenters. The number of methoxy groups -OCH3 is 2. The first-order chi connectivity index (χ1) is 16.4. The largest absolute Gasteiger partial charge is 0.466 e. The van der Waals surface area contributed by atoms with Gasteiger partial charge in [-0.1, -0.05) is 54.6 Å². The van der Waals surface area contributed by atoms with Gasteiger partial charge in [0.15, 0.2) is 0 Å². The molecule has 0 saturated heterocycles. The average molecular weight is 475 g/mol. The number of carbonyl (C=O) groups excluding carboxylic acids is 2. The first kappa shape index (κ1) is 23.4. The molecule has 0 fully saturated rings. The number of dihydropyridines is 1. The van der Waals surface area contributed by atoms with Gasteiger partial charge in [0.05, 0.1) is 41.9 Å². The number of rotatable bonds is 5. The number of thiazole rings is 1. The summed E-state index contributed by atoms with van der Waals surface area (Å²) in [5.74, 6) is -1.67. The molecule has 1 aromatic heterocycles. The maximum Gasteiger partial charge on any atom is 0.336 e. The lowest BCUT2D eigenvalue weighted by molar-refractivity contribution is -0.137. The molecule has 1 aliphatic rings. The average Bonchev–Trinajstić information content (AvgIpc) is 3.24. The smallest absolute Gasteiger partial charge is 0.336 e. The SMILES string of the molecule is COC(=O)C1=C(C)NC(C)=C(C(=O)OC)C1c1ccccc1-c1nc(C)c(-c2ccccc2)s1. The second kappa shape index (κ2) is 9.65. The van der Waals surface area contributed by atoms with Gasteiger partial charge in [-0.3, -0.25) is 0 Å². The lowest BCUT2D eigenvalue weighted by atomic mass is 9.78. The number of nitrogens with zero attached hydrogens (tertiary/aromatic N) is 1. The summed E-state index contributed by atoms with van der Waals surface area (Å²) in [6, 6.07) is 17.8. The normalized spacial score (nSPS) is 14.1. The van der Waals surface area contributed by atoms with Gasteiger partial charge in [-0.05, 0) is 31.9 Å². The Labute approximate surface area is 202 Å². The summed E-state index contributed by atoms with van der Waals surface area (Å²) in [6.07, 6.45) is 0. The highest BCUT2D eigenvalue weighted by molar-refractivity contribution is 7.18. The van der Waals surface area contributed by atoms with Gasteiger partial charge >= 0.3 is 11.9 Å². The van der Waals surface area contributed by atoms with E-state index in [1.54, 1.807) is 25.2 Å². The number of hydrogen-bond acceptors (Lipinski definition) is 7. The summed E-state index contributed by atoms with van der Waals surface area (Å²) in [6.45, 7) is 5.60. The Morgan fingerprint density at radius 2 is 1.41 bits per heavy atom. The van der Waals surface area contributed by atoms with Crippen molar-refractivity contribution >= 4 is 23.3 Å². The van der Waals surface area contributed by atoms with E-state index >= 15 is 0 Å². The van der Waals surface area contributed by atoms with Crippen LogP contribution in [0, 0.1) is 6.92 Å². The molecule has 0 saturated carbocycles. The molecule has 2 aromatic carbocycles. The van der Waals surface area contributed by atoms with Gasteiger partial charge in [-0.25, -0.2) is 14.6 Å². The monoisotopic (exact) mass is 474 g/mol. The highest BCUT2D eigenvalue weighted by Crippen LogP contribution is 2.44. The van der Waals surface area contributed by atoms with Gasteiger partial charge < -0.3 is 14.8 Å². The molecule has 174 valence electrons. The van der Waals surface area contributed by atoms with E-state index in [1.807, 2.05) is 49.4 Å². The Bertz CT molecular complexity index is 1280. The lowest BCUT2D eigenvalue weighted by Crippen LogP contribution is -2.32. The number of benzene rings is 2. The third kappa shape index (κ3) is 4.15. The van der Waals surface area contributed by atoms with Crippen LogP contribution in [0.1, 0.15) is 31.0 Å². The minimum atomic E-state index is -0.665. The third-order valence-electron chi connectivity index (χ3n) is 5.91. The van der Waals surface area contributed by atoms with Crippen LogP contribution in [-0.2, 0) is 19.1 Å². The van der Waals surface area contributed by atoms with E-state index < -0.39 is 17.9 Å².